The maximum Gasteiger partial charge on any atom is 0.232 e. The fourth-order valence-electron chi connectivity index (χ4n) is 2.98. The predicted octanol–water partition coefficient (Wildman–Crippen LogP) is 3.30. The van der Waals surface area contributed by atoms with Gasteiger partial charge in [0.15, 0.2) is 0 Å². The van der Waals surface area contributed by atoms with Gasteiger partial charge in [-0.05, 0) is 37.7 Å². The third-order valence-corrected chi connectivity index (χ3v) is 4.62. The van der Waals surface area contributed by atoms with Gasteiger partial charge < -0.3 is 10.6 Å². The van der Waals surface area contributed by atoms with Crippen LogP contribution < -0.4 is 10.6 Å². The van der Waals surface area contributed by atoms with Crippen LogP contribution in [0, 0.1) is 11.3 Å². The molecule has 0 saturated heterocycles. The Labute approximate surface area is 117 Å². The maximum atomic E-state index is 12.5. The molecule has 1 aliphatic carbocycles. The van der Waals surface area contributed by atoms with Crippen LogP contribution in [0.25, 0.3) is 0 Å². The zero-order chi connectivity index (χ0) is 13.5. The first-order chi connectivity index (χ1) is 9.09. The number of halogens is 1. The van der Waals surface area contributed by atoms with Crippen molar-refractivity contribution in [2.45, 2.75) is 32.6 Å². The summed E-state index contributed by atoms with van der Waals surface area (Å²) in [4.78, 5) is 16.8. The summed E-state index contributed by atoms with van der Waals surface area (Å²) >= 11 is 5.93. The van der Waals surface area contributed by atoms with E-state index in [2.05, 4.69) is 22.5 Å². The normalized spacial score (nSPS) is 30.2. The number of fused-ring (bicyclic) bond motifs is 1. The number of aromatic nitrogens is 1. The standard InChI is InChI=1S/C14H18ClN3O/c1-9-2-4-14(5-3-9)8-17-12-11(18-13(14)19)6-10(15)7-16-12/h6-7,9H,2-5,8H2,1H3,(H,16,17)(H,18,19). The van der Waals surface area contributed by atoms with E-state index in [1.54, 1.807) is 12.3 Å². The Morgan fingerprint density at radius 2 is 2.16 bits per heavy atom. The summed E-state index contributed by atoms with van der Waals surface area (Å²) < 4.78 is 0. The summed E-state index contributed by atoms with van der Waals surface area (Å²) in [6.07, 6.45) is 5.70. The molecule has 1 amide bonds. The first kappa shape index (κ1) is 12.7. The lowest BCUT2D eigenvalue weighted by molar-refractivity contribution is -0.126. The van der Waals surface area contributed by atoms with Crippen molar-refractivity contribution < 1.29 is 4.79 Å². The van der Waals surface area contributed by atoms with Gasteiger partial charge >= 0.3 is 0 Å². The van der Waals surface area contributed by atoms with E-state index in [0.29, 0.717) is 23.1 Å². The molecule has 1 spiro atoms. The average molecular weight is 280 g/mol. The Balaban J connectivity index is 1.88. The Morgan fingerprint density at radius 3 is 2.89 bits per heavy atom. The van der Waals surface area contributed by atoms with Crippen LogP contribution in [0.5, 0.6) is 0 Å². The molecule has 19 heavy (non-hydrogen) atoms. The van der Waals surface area contributed by atoms with E-state index < -0.39 is 0 Å². The van der Waals surface area contributed by atoms with Crippen molar-refractivity contribution in [1.82, 2.24) is 4.98 Å². The van der Waals surface area contributed by atoms with E-state index in [9.17, 15) is 4.79 Å². The number of anilines is 2. The minimum Gasteiger partial charge on any atom is -0.367 e. The van der Waals surface area contributed by atoms with Gasteiger partial charge in [0.25, 0.3) is 0 Å². The van der Waals surface area contributed by atoms with Crippen LogP contribution in [0.4, 0.5) is 11.5 Å². The van der Waals surface area contributed by atoms with Crippen LogP contribution in [0.2, 0.25) is 5.02 Å². The van der Waals surface area contributed by atoms with Crippen LogP contribution in [0.1, 0.15) is 32.6 Å². The molecule has 2 N–H and O–H groups in total. The van der Waals surface area contributed by atoms with Crippen molar-refractivity contribution in [2.75, 3.05) is 17.2 Å². The molecule has 1 aliphatic heterocycles. The number of hydrogen-bond acceptors (Lipinski definition) is 3. The molecule has 2 aliphatic rings. The van der Waals surface area contributed by atoms with Crippen molar-refractivity contribution in [2.24, 2.45) is 11.3 Å². The van der Waals surface area contributed by atoms with Crippen molar-refractivity contribution in [1.29, 1.82) is 0 Å². The second-order valence-electron chi connectivity index (χ2n) is 5.82. The van der Waals surface area contributed by atoms with Gasteiger partial charge in [-0.25, -0.2) is 4.98 Å². The van der Waals surface area contributed by atoms with E-state index in [0.717, 1.165) is 31.6 Å². The third kappa shape index (κ3) is 2.29. The minimum atomic E-state index is -0.292. The minimum absolute atomic E-state index is 0.106. The highest BCUT2D eigenvalue weighted by Crippen LogP contribution is 2.42. The van der Waals surface area contributed by atoms with Crippen molar-refractivity contribution >= 4 is 29.0 Å². The number of rotatable bonds is 0. The largest absolute Gasteiger partial charge is 0.367 e. The van der Waals surface area contributed by atoms with Crippen LogP contribution in [0.3, 0.4) is 0 Å². The molecule has 3 rings (SSSR count). The maximum absolute atomic E-state index is 12.5. The Kier molecular flexibility index (Phi) is 3.13. The van der Waals surface area contributed by atoms with Crippen LogP contribution >= 0.6 is 11.6 Å². The third-order valence-electron chi connectivity index (χ3n) is 4.41. The lowest BCUT2D eigenvalue weighted by atomic mass is 9.70. The smallest absolute Gasteiger partial charge is 0.232 e. The number of carbonyl (C=O) groups is 1. The SMILES string of the molecule is CC1CCC2(CC1)CNc1ncc(Cl)cc1NC2=O. The monoisotopic (exact) mass is 279 g/mol. The van der Waals surface area contributed by atoms with Gasteiger partial charge in [0.05, 0.1) is 16.1 Å². The summed E-state index contributed by atoms with van der Waals surface area (Å²) in [5, 5.41) is 6.83. The number of amides is 1. The fourth-order valence-corrected chi connectivity index (χ4v) is 3.14. The summed E-state index contributed by atoms with van der Waals surface area (Å²) in [6, 6.07) is 1.75. The second kappa shape index (κ2) is 4.67. The zero-order valence-electron chi connectivity index (χ0n) is 11.0. The van der Waals surface area contributed by atoms with Crippen molar-refractivity contribution in [3.63, 3.8) is 0 Å². The van der Waals surface area contributed by atoms with Gasteiger partial charge in [-0.2, -0.15) is 0 Å². The molecule has 0 aromatic carbocycles. The molecular weight excluding hydrogens is 262 g/mol. The molecule has 0 radical (unpaired) electrons. The molecule has 0 unspecified atom stereocenters. The zero-order valence-corrected chi connectivity index (χ0v) is 11.8. The van der Waals surface area contributed by atoms with Gasteiger partial charge in [-0.15, -0.1) is 0 Å². The molecule has 5 heteroatoms. The van der Waals surface area contributed by atoms with Gasteiger partial charge in [0.1, 0.15) is 5.82 Å². The first-order valence-electron chi connectivity index (χ1n) is 6.80. The average Bonchev–Trinajstić information content (AvgIpc) is 2.51. The fraction of sp³-hybridized carbons (Fsp3) is 0.571. The Morgan fingerprint density at radius 1 is 1.42 bits per heavy atom. The lowest BCUT2D eigenvalue weighted by Crippen LogP contribution is -2.42. The van der Waals surface area contributed by atoms with Crippen LogP contribution in [-0.2, 0) is 4.79 Å². The highest BCUT2D eigenvalue weighted by Gasteiger charge is 2.42. The molecule has 1 saturated carbocycles. The molecular formula is C14H18ClN3O. The summed E-state index contributed by atoms with van der Waals surface area (Å²) in [5.74, 6) is 1.54. The predicted molar refractivity (Wildman–Crippen MR) is 76.4 cm³/mol. The number of nitrogens with zero attached hydrogens (tertiary/aromatic N) is 1. The van der Waals surface area contributed by atoms with E-state index in [4.69, 9.17) is 11.6 Å². The van der Waals surface area contributed by atoms with Gasteiger partial charge in [0, 0.05) is 12.7 Å². The highest BCUT2D eigenvalue weighted by molar-refractivity contribution is 6.31. The number of hydrogen-bond donors (Lipinski definition) is 2. The molecule has 1 aromatic rings. The summed E-state index contributed by atoms with van der Waals surface area (Å²) in [5.41, 5.74) is 0.396. The molecule has 2 heterocycles. The Hall–Kier alpha value is -1.29. The number of carbonyl (C=O) groups excluding carboxylic acids is 1. The first-order valence-corrected chi connectivity index (χ1v) is 7.18. The topological polar surface area (TPSA) is 54.0 Å². The highest BCUT2D eigenvalue weighted by atomic mass is 35.5. The van der Waals surface area contributed by atoms with E-state index in [1.807, 2.05) is 0 Å². The molecule has 1 aromatic heterocycles. The number of nitrogens with one attached hydrogen (secondary N) is 2. The van der Waals surface area contributed by atoms with Crippen LogP contribution in [-0.4, -0.2) is 17.4 Å². The van der Waals surface area contributed by atoms with Crippen LogP contribution in [0.15, 0.2) is 12.3 Å². The summed E-state index contributed by atoms with van der Waals surface area (Å²) in [6.45, 7) is 2.91. The van der Waals surface area contributed by atoms with Gasteiger partial charge in [-0.1, -0.05) is 18.5 Å². The van der Waals surface area contributed by atoms with Crippen molar-refractivity contribution in [3.8, 4) is 0 Å². The second-order valence-corrected chi connectivity index (χ2v) is 6.26. The molecule has 0 atom stereocenters. The molecule has 102 valence electrons. The Bertz CT molecular complexity index is 509. The van der Waals surface area contributed by atoms with Gasteiger partial charge in [0.2, 0.25) is 5.91 Å². The molecule has 0 bridgehead atoms. The summed E-state index contributed by atoms with van der Waals surface area (Å²) in [7, 11) is 0. The quantitative estimate of drug-likeness (QED) is 0.766. The van der Waals surface area contributed by atoms with E-state index in [1.165, 1.54) is 0 Å². The van der Waals surface area contributed by atoms with Crippen molar-refractivity contribution in [3.05, 3.63) is 17.3 Å². The van der Waals surface area contributed by atoms with E-state index in [-0.39, 0.29) is 11.3 Å². The molecule has 4 nitrogen and oxygen atoms in total. The van der Waals surface area contributed by atoms with E-state index >= 15 is 0 Å². The molecule has 1 fully saturated rings. The van der Waals surface area contributed by atoms with Gasteiger partial charge in [-0.3, -0.25) is 4.79 Å². The number of pyridine rings is 1. The lowest BCUT2D eigenvalue weighted by Gasteiger charge is -2.36.